The highest BCUT2D eigenvalue weighted by atomic mass is 14.9. The molecule has 0 aromatic heterocycles. The van der Waals surface area contributed by atoms with E-state index in [0.717, 1.165) is 19.0 Å². The first-order chi connectivity index (χ1) is 8.85. The molecule has 2 rings (SSSR count). The summed E-state index contributed by atoms with van der Waals surface area (Å²) in [6, 6.07) is 6.89. The zero-order valence-corrected chi connectivity index (χ0v) is 12.0. The molecular weight excluding hydrogens is 218 g/mol. The van der Waals surface area contributed by atoms with Crippen molar-refractivity contribution >= 4 is 0 Å². The highest BCUT2D eigenvalue weighted by Gasteiger charge is 2.15. The van der Waals surface area contributed by atoms with Crippen molar-refractivity contribution in [3.8, 4) is 0 Å². The molecule has 1 aromatic rings. The van der Waals surface area contributed by atoms with Crippen LogP contribution in [0.3, 0.4) is 0 Å². The van der Waals surface area contributed by atoms with Gasteiger partial charge in [0.2, 0.25) is 0 Å². The third kappa shape index (κ3) is 3.35. The lowest BCUT2D eigenvalue weighted by Gasteiger charge is -2.23. The van der Waals surface area contributed by atoms with Crippen molar-refractivity contribution in [2.45, 2.75) is 58.9 Å². The van der Waals surface area contributed by atoms with Gasteiger partial charge in [0, 0.05) is 6.54 Å². The van der Waals surface area contributed by atoms with Crippen LogP contribution >= 0.6 is 0 Å². The van der Waals surface area contributed by atoms with E-state index in [-0.39, 0.29) is 0 Å². The second kappa shape index (κ2) is 6.94. The molecule has 1 N–H and O–H groups in total. The van der Waals surface area contributed by atoms with E-state index in [1.807, 2.05) is 0 Å². The molecule has 0 spiro atoms. The Hall–Kier alpha value is -0.820. The molecule has 1 atom stereocenters. The fourth-order valence-electron chi connectivity index (χ4n) is 3.06. The van der Waals surface area contributed by atoms with Gasteiger partial charge in [-0.2, -0.15) is 0 Å². The standard InChI is InChI=1S/C17H27N/c1-3-5-7-14(4-2)12-15-8-6-9-16-13-18-11-10-17(15)16/h6,8-9,14,18H,3-5,7,10-13H2,1-2H3. The molecule has 1 aromatic carbocycles. The Labute approximate surface area is 112 Å². The van der Waals surface area contributed by atoms with E-state index in [4.69, 9.17) is 0 Å². The van der Waals surface area contributed by atoms with Crippen LogP contribution in [0.15, 0.2) is 18.2 Å². The van der Waals surface area contributed by atoms with Crippen molar-refractivity contribution in [2.75, 3.05) is 6.54 Å². The molecule has 18 heavy (non-hydrogen) atoms. The van der Waals surface area contributed by atoms with E-state index in [9.17, 15) is 0 Å². The molecule has 0 aliphatic carbocycles. The minimum absolute atomic E-state index is 0.881. The number of hydrogen-bond donors (Lipinski definition) is 1. The van der Waals surface area contributed by atoms with E-state index in [0.29, 0.717) is 0 Å². The van der Waals surface area contributed by atoms with Crippen LogP contribution in [0.1, 0.15) is 56.2 Å². The van der Waals surface area contributed by atoms with Gasteiger partial charge in [0.25, 0.3) is 0 Å². The predicted molar refractivity (Wildman–Crippen MR) is 78.9 cm³/mol. The van der Waals surface area contributed by atoms with Gasteiger partial charge in [-0.3, -0.25) is 0 Å². The largest absolute Gasteiger partial charge is 0.312 e. The Bertz CT molecular complexity index is 370. The summed E-state index contributed by atoms with van der Waals surface area (Å²) in [5, 5.41) is 3.47. The maximum Gasteiger partial charge on any atom is 0.0208 e. The van der Waals surface area contributed by atoms with E-state index in [2.05, 4.69) is 37.4 Å². The van der Waals surface area contributed by atoms with Crippen molar-refractivity contribution in [3.05, 3.63) is 34.9 Å². The van der Waals surface area contributed by atoms with Crippen molar-refractivity contribution < 1.29 is 0 Å². The number of nitrogens with one attached hydrogen (secondary N) is 1. The minimum Gasteiger partial charge on any atom is -0.312 e. The van der Waals surface area contributed by atoms with Gasteiger partial charge >= 0.3 is 0 Å². The zero-order valence-electron chi connectivity index (χ0n) is 12.0. The first-order valence-electron chi connectivity index (χ1n) is 7.65. The van der Waals surface area contributed by atoms with Crippen LogP contribution in [0, 0.1) is 5.92 Å². The smallest absolute Gasteiger partial charge is 0.0208 e. The maximum absolute atomic E-state index is 3.47. The molecule has 0 radical (unpaired) electrons. The summed E-state index contributed by atoms with van der Waals surface area (Å²) in [5.41, 5.74) is 4.80. The Morgan fingerprint density at radius 2 is 2.17 bits per heavy atom. The lowest BCUT2D eigenvalue weighted by Crippen LogP contribution is -2.25. The second-order valence-electron chi connectivity index (χ2n) is 5.60. The van der Waals surface area contributed by atoms with Crippen molar-refractivity contribution in [3.63, 3.8) is 0 Å². The second-order valence-corrected chi connectivity index (χ2v) is 5.60. The number of hydrogen-bond acceptors (Lipinski definition) is 1. The van der Waals surface area contributed by atoms with Crippen LogP contribution in [0.25, 0.3) is 0 Å². The molecule has 0 saturated carbocycles. The summed E-state index contributed by atoms with van der Waals surface area (Å²) >= 11 is 0. The molecule has 0 fully saturated rings. The highest BCUT2D eigenvalue weighted by molar-refractivity contribution is 5.37. The van der Waals surface area contributed by atoms with Gasteiger partial charge in [-0.05, 0) is 42.0 Å². The van der Waals surface area contributed by atoms with E-state index >= 15 is 0 Å². The molecule has 1 heteroatoms. The van der Waals surface area contributed by atoms with Crippen LogP contribution in [-0.4, -0.2) is 6.54 Å². The highest BCUT2D eigenvalue weighted by Crippen LogP contribution is 2.24. The van der Waals surface area contributed by atoms with Crippen LogP contribution in [-0.2, 0) is 19.4 Å². The van der Waals surface area contributed by atoms with Gasteiger partial charge in [-0.1, -0.05) is 57.7 Å². The summed E-state index contributed by atoms with van der Waals surface area (Å²) in [5.74, 6) is 0.881. The normalized spacial score (nSPS) is 16.3. The SMILES string of the molecule is CCCCC(CC)Cc1cccc2c1CCNC2. The predicted octanol–water partition coefficient (Wildman–Crippen LogP) is 4.09. The van der Waals surface area contributed by atoms with Crippen molar-refractivity contribution in [1.29, 1.82) is 0 Å². The molecule has 1 aliphatic heterocycles. The van der Waals surface area contributed by atoms with Gasteiger partial charge in [-0.15, -0.1) is 0 Å². The number of fused-ring (bicyclic) bond motifs is 1. The number of rotatable bonds is 6. The molecule has 0 bridgehead atoms. The van der Waals surface area contributed by atoms with Crippen LogP contribution in [0.2, 0.25) is 0 Å². The van der Waals surface area contributed by atoms with Gasteiger partial charge in [0.15, 0.2) is 0 Å². The molecule has 1 nitrogen and oxygen atoms in total. The summed E-state index contributed by atoms with van der Waals surface area (Å²) in [4.78, 5) is 0. The molecule has 0 amide bonds. The molecule has 1 aliphatic rings. The average molecular weight is 245 g/mol. The number of benzene rings is 1. The summed E-state index contributed by atoms with van der Waals surface area (Å²) in [6.45, 7) is 6.85. The third-order valence-corrected chi connectivity index (χ3v) is 4.29. The Morgan fingerprint density at radius 1 is 1.28 bits per heavy atom. The van der Waals surface area contributed by atoms with Gasteiger partial charge < -0.3 is 5.32 Å². The van der Waals surface area contributed by atoms with Gasteiger partial charge in [0.05, 0.1) is 0 Å². The van der Waals surface area contributed by atoms with Gasteiger partial charge in [0.1, 0.15) is 0 Å². The first-order valence-corrected chi connectivity index (χ1v) is 7.65. The Balaban J connectivity index is 2.08. The van der Waals surface area contributed by atoms with Crippen molar-refractivity contribution in [2.24, 2.45) is 5.92 Å². The molecular formula is C17H27N. The maximum atomic E-state index is 3.47. The zero-order chi connectivity index (χ0) is 12.8. The molecule has 1 heterocycles. The monoisotopic (exact) mass is 245 g/mol. The molecule has 0 saturated heterocycles. The van der Waals surface area contributed by atoms with E-state index in [1.54, 1.807) is 11.1 Å². The minimum atomic E-state index is 0.881. The van der Waals surface area contributed by atoms with Crippen LogP contribution in [0.4, 0.5) is 0 Å². The quantitative estimate of drug-likeness (QED) is 0.796. The molecule has 1 unspecified atom stereocenters. The summed E-state index contributed by atoms with van der Waals surface area (Å²) in [7, 11) is 0. The Morgan fingerprint density at radius 3 is 2.94 bits per heavy atom. The fourth-order valence-corrected chi connectivity index (χ4v) is 3.06. The van der Waals surface area contributed by atoms with Crippen LogP contribution in [0.5, 0.6) is 0 Å². The first kappa shape index (κ1) is 13.6. The van der Waals surface area contributed by atoms with E-state index < -0.39 is 0 Å². The third-order valence-electron chi connectivity index (χ3n) is 4.29. The Kier molecular flexibility index (Phi) is 5.25. The van der Waals surface area contributed by atoms with Crippen LogP contribution < -0.4 is 5.32 Å². The summed E-state index contributed by atoms with van der Waals surface area (Å²) < 4.78 is 0. The lowest BCUT2D eigenvalue weighted by molar-refractivity contribution is 0.447. The average Bonchev–Trinajstić information content (AvgIpc) is 2.43. The van der Waals surface area contributed by atoms with E-state index in [1.165, 1.54) is 44.1 Å². The van der Waals surface area contributed by atoms with Gasteiger partial charge in [-0.25, -0.2) is 0 Å². The fraction of sp³-hybridized carbons (Fsp3) is 0.647. The molecule has 100 valence electrons. The number of unbranched alkanes of at least 4 members (excludes halogenated alkanes) is 1. The topological polar surface area (TPSA) is 12.0 Å². The lowest BCUT2D eigenvalue weighted by atomic mass is 9.86. The van der Waals surface area contributed by atoms with Crippen molar-refractivity contribution in [1.82, 2.24) is 5.32 Å². The summed E-state index contributed by atoms with van der Waals surface area (Å²) in [6.07, 6.45) is 7.94.